The third-order valence-corrected chi connectivity index (χ3v) is 8.38. The van der Waals surface area contributed by atoms with Crippen LogP contribution < -0.4 is 15.4 Å². The minimum absolute atomic E-state index is 0.0944. The summed E-state index contributed by atoms with van der Waals surface area (Å²) in [5.74, 6) is -1.34. The van der Waals surface area contributed by atoms with E-state index in [0.29, 0.717) is 51.1 Å². The molecule has 5 atom stereocenters. The summed E-state index contributed by atoms with van der Waals surface area (Å²) in [6, 6.07) is 6.40. The molecule has 9 heteroatoms. The van der Waals surface area contributed by atoms with E-state index in [-0.39, 0.29) is 24.3 Å². The highest BCUT2D eigenvalue weighted by Gasteiger charge is 2.77. The molecular formula is C29H43N3O6. The monoisotopic (exact) mass is 529 g/mol. The van der Waals surface area contributed by atoms with Gasteiger partial charge in [0.05, 0.1) is 24.0 Å². The van der Waals surface area contributed by atoms with Crippen molar-refractivity contribution in [3.63, 3.8) is 0 Å². The fraction of sp³-hybridized carbons (Fsp3) is 0.690. The molecule has 3 N–H and O–H groups in total. The lowest BCUT2D eigenvalue weighted by atomic mass is 9.66. The van der Waals surface area contributed by atoms with Crippen molar-refractivity contribution in [3.05, 3.63) is 24.3 Å². The van der Waals surface area contributed by atoms with Crippen LogP contribution in [0.15, 0.2) is 24.3 Å². The van der Waals surface area contributed by atoms with Gasteiger partial charge in [-0.3, -0.25) is 14.4 Å². The van der Waals surface area contributed by atoms with Gasteiger partial charge in [0.2, 0.25) is 17.7 Å². The summed E-state index contributed by atoms with van der Waals surface area (Å²) in [7, 11) is 0. The SMILES string of the molecule is CCCCCNC(=O)C1N(CCCCCO)C(=O)[C@@H]2[C@@H](C(=O)Nc3ccc(OCC)cc3)[C@@]3(C)CCC12O3. The van der Waals surface area contributed by atoms with E-state index in [4.69, 9.17) is 9.47 Å². The average Bonchev–Trinajstić information content (AvgIpc) is 3.46. The lowest BCUT2D eigenvalue weighted by Gasteiger charge is -2.33. The van der Waals surface area contributed by atoms with Crippen molar-refractivity contribution < 1.29 is 29.0 Å². The second kappa shape index (κ2) is 12.0. The molecule has 3 aliphatic heterocycles. The molecule has 3 amide bonds. The molecule has 0 aromatic heterocycles. The molecule has 0 saturated carbocycles. The summed E-state index contributed by atoms with van der Waals surface area (Å²) in [5.41, 5.74) is -1.21. The molecule has 1 aromatic rings. The van der Waals surface area contributed by atoms with E-state index in [9.17, 15) is 19.5 Å². The van der Waals surface area contributed by atoms with Gasteiger partial charge in [0, 0.05) is 25.4 Å². The van der Waals surface area contributed by atoms with Crippen LogP contribution in [0.4, 0.5) is 5.69 Å². The van der Waals surface area contributed by atoms with Crippen LogP contribution in [0, 0.1) is 11.8 Å². The lowest BCUT2D eigenvalue weighted by molar-refractivity contribution is -0.145. The number of benzene rings is 1. The molecule has 1 aromatic carbocycles. The third kappa shape index (κ3) is 5.27. The van der Waals surface area contributed by atoms with E-state index in [1.54, 1.807) is 29.2 Å². The number of rotatable bonds is 14. The third-order valence-electron chi connectivity index (χ3n) is 8.38. The Balaban J connectivity index is 1.58. The Morgan fingerprint density at radius 1 is 1.08 bits per heavy atom. The number of hydrogen-bond donors (Lipinski definition) is 3. The van der Waals surface area contributed by atoms with E-state index in [1.165, 1.54) is 0 Å². The first-order valence-electron chi connectivity index (χ1n) is 14.2. The van der Waals surface area contributed by atoms with Gasteiger partial charge in [-0.2, -0.15) is 0 Å². The maximum Gasteiger partial charge on any atom is 0.245 e. The number of hydrogen-bond acceptors (Lipinski definition) is 6. The summed E-state index contributed by atoms with van der Waals surface area (Å²) < 4.78 is 12.1. The fourth-order valence-corrected chi connectivity index (χ4v) is 6.64. The number of carbonyl (C=O) groups is 3. The van der Waals surface area contributed by atoms with Gasteiger partial charge >= 0.3 is 0 Å². The van der Waals surface area contributed by atoms with Crippen molar-refractivity contribution >= 4 is 23.4 Å². The van der Waals surface area contributed by atoms with Gasteiger partial charge in [0.15, 0.2) is 0 Å². The van der Waals surface area contributed by atoms with Crippen molar-refractivity contribution in [2.24, 2.45) is 11.8 Å². The molecule has 0 radical (unpaired) electrons. The van der Waals surface area contributed by atoms with Crippen LogP contribution >= 0.6 is 0 Å². The molecule has 3 saturated heterocycles. The second-order valence-electron chi connectivity index (χ2n) is 11.0. The molecule has 2 bridgehead atoms. The smallest absolute Gasteiger partial charge is 0.245 e. The van der Waals surface area contributed by atoms with Crippen molar-refractivity contribution in [3.8, 4) is 5.75 Å². The molecule has 1 spiro atoms. The molecule has 38 heavy (non-hydrogen) atoms. The van der Waals surface area contributed by atoms with Crippen LogP contribution in [0.25, 0.3) is 0 Å². The Morgan fingerprint density at radius 3 is 2.53 bits per heavy atom. The molecule has 9 nitrogen and oxygen atoms in total. The Morgan fingerprint density at radius 2 is 1.84 bits per heavy atom. The number of amides is 3. The summed E-state index contributed by atoms with van der Waals surface area (Å²) in [4.78, 5) is 42.9. The molecule has 210 valence electrons. The average molecular weight is 530 g/mol. The van der Waals surface area contributed by atoms with Gasteiger partial charge in [0.25, 0.3) is 0 Å². The first-order valence-corrected chi connectivity index (χ1v) is 14.2. The number of fused-ring (bicyclic) bond motifs is 1. The van der Waals surface area contributed by atoms with Gasteiger partial charge in [-0.05, 0) is 76.6 Å². The molecule has 2 unspecified atom stereocenters. The normalized spacial score (nSPS) is 29.4. The number of ether oxygens (including phenoxy) is 2. The van der Waals surface area contributed by atoms with E-state index in [1.807, 2.05) is 13.8 Å². The summed E-state index contributed by atoms with van der Waals surface area (Å²) in [5, 5.41) is 15.2. The summed E-state index contributed by atoms with van der Waals surface area (Å²) in [6.45, 7) is 7.52. The second-order valence-corrected chi connectivity index (χ2v) is 11.0. The predicted molar refractivity (Wildman–Crippen MR) is 144 cm³/mol. The number of unbranched alkanes of at least 4 members (excludes halogenated alkanes) is 4. The van der Waals surface area contributed by atoms with Crippen molar-refractivity contribution in [2.45, 2.75) is 89.4 Å². The number of aliphatic hydroxyl groups excluding tert-OH is 1. The van der Waals surface area contributed by atoms with Crippen molar-refractivity contribution in [1.82, 2.24) is 10.2 Å². The van der Waals surface area contributed by atoms with Crippen LogP contribution in [-0.4, -0.2) is 71.3 Å². The Labute approximate surface area is 225 Å². The van der Waals surface area contributed by atoms with Gasteiger partial charge in [-0.1, -0.05) is 19.8 Å². The van der Waals surface area contributed by atoms with Crippen LogP contribution in [0.1, 0.15) is 72.1 Å². The standard InChI is InChI=1S/C29H43N3O6/c1-4-6-8-17-30-26(35)24-29-16-15-28(3,38-29)22(23(29)27(36)32(24)18-9-7-10-19-33)25(34)31-20-11-13-21(14-12-20)37-5-2/h11-14,22-24,33H,4-10,15-19H2,1-3H3,(H,30,35)(H,31,34)/t22-,23-,24?,28+,29?/m0/s1. The lowest BCUT2D eigenvalue weighted by Crippen LogP contribution is -2.55. The molecule has 0 aliphatic carbocycles. The summed E-state index contributed by atoms with van der Waals surface area (Å²) >= 11 is 0. The van der Waals surface area contributed by atoms with Crippen LogP contribution in [0.3, 0.4) is 0 Å². The van der Waals surface area contributed by atoms with E-state index >= 15 is 0 Å². The molecule has 3 fully saturated rings. The zero-order chi connectivity index (χ0) is 27.3. The largest absolute Gasteiger partial charge is 0.494 e. The Bertz CT molecular complexity index is 1000. The van der Waals surface area contributed by atoms with Gasteiger partial charge in [-0.25, -0.2) is 0 Å². The fourth-order valence-electron chi connectivity index (χ4n) is 6.64. The highest BCUT2D eigenvalue weighted by molar-refractivity contribution is 6.02. The zero-order valence-electron chi connectivity index (χ0n) is 23.0. The van der Waals surface area contributed by atoms with Gasteiger partial charge < -0.3 is 30.1 Å². The minimum Gasteiger partial charge on any atom is -0.494 e. The predicted octanol–water partition coefficient (Wildman–Crippen LogP) is 3.26. The maximum atomic E-state index is 14.0. The van der Waals surface area contributed by atoms with E-state index in [2.05, 4.69) is 17.6 Å². The molecule has 4 rings (SSSR count). The van der Waals surface area contributed by atoms with Gasteiger partial charge in [0.1, 0.15) is 17.4 Å². The number of anilines is 1. The topological polar surface area (TPSA) is 117 Å². The first kappa shape index (κ1) is 28.4. The van der Waals surface area contributed by atoms with Gasteiger partial charge in [-0.15, -0.1) is 0 Å². The first-order chi connectivity index (χ1) is 18.3. The van der Waals surface area contributed by atoms with Crippen LogP contribution in [0.5, 0.6) is 5.75 Å². The van der Waals surface area contributed by atoms with E-state index in [0.717, 1.165) is 31.4 Å². The molecule has 3 heterocycles. The van der Waals surface area contributed by atoms with Crippen LogP contribution in [0.2, 0.25) is 0 Å². The highest BCUT2D eigenvalue weighted by Crippen LogP contribution is 2.63. The van der Waals surface area contributed by atoms with Crippen molar-refractivity contribution in [2.75, 3.05) is 31.6 Å². The molecule has 3 aliphatic rings. The highest BCUT2D eigenvalue weighted by atomic mass is 16.5. The zero-order valence-corrected chi connectivity index (χ0v) is 23.0. The minimum atomic E-state index is -1.02. The Hall–Kier alpha value is -2.65. The quantitative estimate of drug-likeness (QED) is 0.319. The number of carbonyl (C=O) groups excluding carboxylic acids is 3. The maximum absolute atomic E-state index is 14.0. The molecular weight excluding hydrogens is 486 g/mol. The number of nitrogens with zero attached hydrogens (tertiary/aromatic N) is 1. The van der Waals surface area contributed by atoms with Crippen molar-refractivity contribution in [1.29, 1.82) is 0 Å². The number of likely N-dealkylation sites (tertiary alicyclic amines) is 1. The Kier molecular flexibility index (Phi) is 8.98. The number of aliphatic hydroxyl groups is 1. The summed E-state index contributed by atoms with van der Waals surface area (Å²) in [6.07, 6.45) is 6.19. The number of nitrogens with one attached hydrogen (secondary N) is 2. The van der Waals surface area contributed by atoms with E-state index < -0.39 is 29.1 Å². The van der Waals surface area contributed by atoms with Crippen LogP contribution in [-0.2, 0) is 19.1 Å².